The minimum absolute atomic E-state index is 0.102. The number of hydrogen-bond donors (Lipinski definition) is 3. The van der Waals surface area contributed by atoms with Gasteiger partial charge in [-0.15, -0.1) is 0 Å². The molecule has 0 spiro atoms. The topological polar surface area (TPSA) is 237 Å². The fraction of sp³-hybridized carbons (Fsp3) is 0.943. The molecule has 0 aliphatic carbocycles. The van der Waals surface area contributed by atoms with Crippen molar-refractivity contribution in [3.05, 3.63) is 0 Å². The van der Waals surface area contributed by atoms with Crippen LogP contribution < -0.4 is 0 Å². The molecule has 3 N–H and O–H groups in total. The van der Waals surface area contributed by atoms with E-state index in [4.69, 9.17) is 37.0 Å². The SMILES string of the molecule is CCCCCCCCCCCCCCCCCCC(=O)OC[C@H](COP(=O)(O)OC[C@@H](O)COP(=O)(O)OC[C@@H](COC(=O)CCCCCCC)OC(=O)CCCCCCCCC(C)CC)OC(=O)CCCCCCCCCCCCCCCCC(C)CC. The van der Waals surface area contributed by atoms with Crippen LogP contribution in [0.2, 0.25) is 0 Å². The molecule has 0 amide bonds. The number of ether oxygens (including phenoxy) is 4. The molecule has 0 heterocycles. The van der Waals surface area contributed by atoms with Crippen molar-refractivity contribution in [1.82, 2.24) is 0 Å². The van der Waals surface area contributed by atoms with Crippen LogP contribution in [-0.2, 0) is 65.4 Å². The second-order valence-electron chi connectivity index (χ2n) is 25.8. The second-order valence-corrected chi connectivity index (χ2v) is 28.7. The smallest absolute Gasteiger partial charge is 0.462 e. The normalized spacial score (nSPS) is 14.8. The molecule has 0 bridgehead atoms. The zero-order valence-electron chi connectivity index (χ0n) is 57.7. The summed E-state index contributed by atoms with van der Waals surface area (Å²) in [5.41, 5.74) is 0. The van der Waals surface area contributed by atoms with Gasteiger partial charge in [0, 0.05) is 25.7 Å². The Morgan fingerprint density at radius 1 is 0.315 bits per heavy atom. The number of aliphatic hydroxyl groups is 1. The molecule has 528 valence electrons. The van der Waals surface area contributed by atoms with E-state index >= 15 is 0 Å². The number of esters is 4. The summed E-state index contributed by atoms with van der Waals surface area (Å²) in [5, 5.41) is 10.6. The Morgan fingerprint density at radius 3 is 0.798 bits per heavy atom. The molecule has 7 atom stereocenters. The number of hydrogen-bond acceptors (Lipinski definition) is 15. The minimum Gasteiger partial charge on any atom is -0.462 e. The lowest BCUT2D eigenvalue weighted by Crippen LogP contribution is -2.30. The molecule has 0 aliphatic heterocycles. The van der Waals surface area contributed by atoms with Gasteiger partial charge in [0.1, 0.15) is 19.3 Å². The van der Waals surface area contributed by atoms with E-state index in [1.54, 1.807) is 0 Å². The van der Waals surface area contributed by atoms with Gasteiger partial charge in [-0.25, -0.2) is 9.13 Å². The number of phosphoric acid groups is 2. The van der Waals surface area contributed by atoms with Crippen LogP contribution in [0.25, 0.3) is 0 Å². The first kappa shape index (κ1) is 87.1. The van der Waals surface area contributed by atoms with Crippen molar-refractivity contribution < 1.29 is 80.2 Å². The van der Waals surface area contributed by atoms with Gasteiger partial charge >= 0.3 is 39.5 Å². The maximum absolute atomic E-state index is 13.0. The van der Waals surface area contributed by atoms with Crippen LogP contribution in [-0.4, -0.2) is 96.7 Å². The third-order valence-electron chi connectivity index (χ3n) is 16.9. The molecule has 89 heavy (non-hydrogen) atoms. The first-order valence-corrected chi connectivity index (χ1v) is 39.6. The van der Waals surface area contributed by atoms with Crippen LogP contribution in [0.4, 0.5) is 0 Å². The quantitative estimate of drug-likeness (QED) is 0.0222. The van der Waals surface area contributed by atoms with Gasteiger partial charge in [0.2, 0.25) is 0 Å². The van der Waals surface area contributed by atoms with Crippen molar-refractivity contribution in [2.24, 2.45) is 11.8 Å². The number of unbranched alkanes of at least 4 members (excludes halogenated alkanes) is 37. The molecule has 17 nitrogen and oxygen atoms in total. The number of carbonyl (C=O) groups excluding carboxylic acids is 4. The molecule has 0 saturated carbocycles. The first-order chi connectivity index (χ1) is 42.9. The molecule has 0 radical (unpaired) electrons. The fourth-order valence-electron chi connectivity index (χ4n) is 10.5. The Labute approximate surface area is 543 Å². The Hall–Kier alpha value is -1.94. The van der Waals surface area contributed by atoms with Crippen molar-refractivity contribution in [3.8, 4) is 0 Å². The molecule has 0 aliphatic rings. The molecule has 0 fully saturated rings. The van der Waals surface area contributed by atoms with E-state index in [1.165, 1.54) is 167 Å². The van der Waals surface area contributed by atoms with Crippen molar-refractivity contribution in [2.45, 2.75) is 374 Å². The van der Waals surface area contributed by atoms with Crippen molar-refractivity contribution in [1.29, 1.82) is 0 Å². The van der Waals surface area contributed by atoms with Gasteiger partial charge in [0.25, 0.3) is 0 Å². The van der Waals surface area contributed by atoms with Gasteiger partial charge in [-0.1, -0.05) is 305 Å². The van der Waals surface area contributed by atoms with Gasteiger partial charge < -0.3 is 33.8 Å². The van der Waals surface area contributed by atoms with Gasteiger partial charge in [0.15, 0.2) is 12.2 Å². The highest BCUT2D eigenvalue weighted by molar-refractivity contribution is 7.47. The summed E-state index contributed by atoms with van der Waals surface area (Å²) in [6.07, 6.45) is 47.6. The molecule has 0 aromatic rings. The van der Waals surface area contributed by atoms with E-state index in [1.807, 2.05) is 0 Å². The lowest BCUT2D eigenvalue weighted by atomic mass is 9.99. The Balaban J connectivity index is 5.16. The summed E-state index contributed by atoms with van der Waals surface area (Å²) in [6.45, 7) is 9.46. The molecule has 4 unspecified atom stereocenters. The van der Waals surface area contributed by atoms with E-state index in [9.17, 15) is 43.2 Å². The van der Waals surface area contributed by atoms with Crippen molar-refractivity contribution in [3.63, 3.8) is 0 Å². The van der Waals surface area contributed by atoms with Gasteiger partial charge in [-0.05, 0) is 37.5 Å². The summed E-state index contributed by atoms with van der Waals surface area (Å²) in [5.74, 6) is -0.571. The maximum Gasteiger partial charge on any atom is 0.472 e. The molecular weight excluding hydrogens is 1170 g/mol. The van der Waals surface area contributed by atoms with E-state index < -0.39 is 97.5 Å². The molecule has 0 saturated heterocycles. The monoisotopic (exact) mass is 1310 g/mol. The molecule has 19 heteroatoms. The maximum atomic E-state index is 13.0. The van der Waals surface area contributed by atoms with E-state index in [2.05, 4.69) is 41.5 Å². The predicted molar refractivity (Wildman–Crippen MR) is 358 cm³/mol. The zero-order chi connectivity index (χ0) is 65.7. The van der Waals surface area contributed by atoms with Crippen LogP contribution in [0.15, 0.2) is 0 Å². The van der Waals surface area contributed by atoms with Crippen LogP contribution in [0.1, 0.15) is 356 Å². The van der Waals surface area contributed by atoms with Crippen molar-refractivity contribution in [2.75, 3.05) is 39.6 Å². The lowest BCUT2D eigenvalue weighted by molar-refractivity contribution is -0.161. The average molecular weight is 1310 g/mol. The number of phosphoric ester groups is 2. The highest BCUT2D eigenvalue weighted by Crippen LogP contribution is 2.45. The number of carbonyl (C=O) groups is 4. The minimum atomic E-state index is -4.95. The van der Waals surface area contributed by atoms with Gasteiger partial charge in [-0.2, -0.15) is 0 Å². The summed E-state index contributed by atoms with van der Waals surface area (Å²) in [4.78, 5) is 72.2. The second kappa shape index (κ2) is 62.2. The number of aliphatic hydroxyl groups excluding tert-OH is 1. The van der Waals surface area contributed by atoms with E-state index in [0.717, 1.165) is 108 Å². The third kappa shape index (κ3) is 62.0. The summed E-state index contributed by atoms with van der Waals surface area (Å²) >= 11 is 0. The van der Waals surface area contributed by atoms with Gasteiger partial charge in [0.05, 0.1) is 26.4 Å². The number of rotatable bonds is 69. The van der Waals surface area contributed by atoms with Gasteiger partial charge in [-0.3, -0.25) is 37.3 Å². The van der Waals surface area contributed by atoms with E-state index in [-0.39, 0.29) is 25.7 Å². The lowest BCUT2D eigenvalue weighted by Gasteiger charge is -2.21. The standard InChI is InChI=1S/C70H136O17P2/c1-7-11-13-15-16-17-18-19-20-21-25-28-31-34-41-47-53-68(73)81-59-66(86-69(74)54-48-42-35-32-29-26-23-22-24-27-30-33-39-44-50-62(5)9-3)61-85-89(78,79)83-57-64(71)56-82-88(76,77)84-60-65(58-80-67(72)52-46-38-14-12-8-2)87-70(75)55-49-43-37-36-40-45-51-63(6)10-4/h62-66,71H,7-61H2,1-6H3,(H,76,77)(H,78,79)/t62?,63?,64-,65+,66+/m0/s1. The van der Waals surface area contributed by atoms with Crippen molar-refractivity contribution >= 4 is 39.5 Å². The molecule has 0 rings (SSSR count). The molecule has 0 aromatic carbocycles. The Kier molecular flexibility index (Phi) is 60.8. The fourth-order valence-corrected chi connectivity index (χ4v) is 12.1. The molecular formula is C70H136O17P2. The van der Waals surface area contributed by atoms with Crippen LogP contribution in [0.5, 0.6) is 0 Å². The highest BCUT2D eigenvalue weighted by atomic mass is 31.2. The third-order valence-corrected chi connectivity index (χ3v) is 18.8. The van der Waals surface area contributed by atoms with Crippen LogP contribution in [0, 0.1) is 11.8 Å². The summed E-state index contributed by atoms with van der Waals surface area (Å²) < 4.78 is 68.0. The summed E-state index contributed by atoms with van der Waals surface area (Å²) in [6, 6.07) is 0. The van der Waals surface area contributed by atoms with Crippen LogP contribution in [0.3, 0.4) is 0 Å². The molecule has 0 aromatic heterocycles. The largest absolute Gasteiger partial charge is 0.472 e. The predicted octanol–water partition coefficient (Wildman–Crippen LogP) is 20.0. The first-order valence-electron chi connectivity index (χ1n) is 36.6. The summed E-state index contributed by atoms with van der Waals surface area (Å²) in [7, 11) is -9.89. The Morgan fingerprint density at radius 2 is 0.539 bits per heavy atom. The zero-order valence-corrected chi connectivity index (χ0v) is 59.5. The highest BCUT2D eigenvalue weighted by Gasteiger charge is 2.30. The van der Waals surface area contributed by atoms with Crippen LogP contribution >= 0.6 is 15.6 Å². The van der Waals surface area contributed by atoms with E-state index in [0.29, 0.717) is 25.7 Å². The average Bonchev–Trinajstić information content (AvgIpc) is 3.72. The Bertz CT molecular complexity index is 1740.